The number of amides is 4. The number of nitrogens with two attached hydrogens (primary N) is 3. The highest BCUT2D eigenvalue weighted by Crippen LogP contribution is 1.66. The molecule has 7 N–H and O–H groups in total. The van der Waals surface area contributed by atoms with Gasteiger partial charge in [-0.05, 0) is 13.8 Å². The summed E-state index contributed by atoms with van der Waals surface area (Å²) in [6.45, 7) is 3.52. The summed E-state index contributed by atoms with van der Waals surface area (Å²) in [7, 11) is 0. The van der Waals surface area contributed by atoms with E-state index in [1.165, 1.54) is 0 Å². The summed E-state index contributed by atoms with van der Waals surface area (Å²) in [5.74, 6) is 0. The van der Waals surface area contributed by atoms with E-state index in [-0.39, 0.29) is 0 Å². The fourth-order valence-corrected chi connectivity index (χ4v) is 0.167. The Morgan fingerprint density at radius 3 is 1.58 bits per heavy atom. The smallest absolute Gasteiger partial charge is 0.332 e. The Hall–Kier alpha value is -1.79. The van der Waals surface area contributed by atoms with Crippen molar-refractivity contribution < 1.29 is 9.59 Å². The molecular formula is C5H13N5O2. The minimum absolute atomic E-state index is 0.633. The lowest BCUT2D eigenvalue weighted by atomic mass is 10.5. The lowest BCUT2D eigenvalue weighted by molar-refractivity contribution is 0.249. The molecule has 0 rings (SSSR count). The zero-order valence-electron chi connectivity index (χ0n) is 7.00. The van der Waals surface area contributed by atoms with E-state index in [1.807, 2.05) is 0 Å². The van der Waals surface area contributed by atoms with Gasteiger partial charge in [0.15, 0.2) is 0 Å². The minimum atomic E-state index is -0.833. The fraction of sp³-hybridized carbons (Fsp3) is 0.400. The zero-order chi connectivity index (χ0) is 10.1. The van der Waals surface area contributed by atoms with Gasteiger partial charge < -0.3 is 17.2 Å². The van der Waals surface area contributed by atoms with Crippen LogP contribution in [-0.2, 0) is 0 Å². The highest BCUT2D eigenvalue weighted by molar-refractivity contribution is 5.81. The first kappa shape index (κ1) is 12.8. The van der Waals surface area contributed by atoms with Crippen LogP contribution in [0, 0.1) is 0 Å². The van der Waals surface area contributed by atoms with Crippen LogP contribution in [0.1, 0.15) is 13.8 Å². The molecule has 7 nitrogen and oxygen atoms in total. The van der Waals surface area contributed by atoms with Crippen molar-refractivity contribution in [3.05, 3.63) is 0 Å². The van der Waals surface area contributed by atoms with Crippen molar-refractivity contribution in [3.63, 3.8) is 0 Å². The fourth-order valence-electron chi connectivity index (χ4n) is 0.167. The van der Waals surface area contributed by atoms with Crippen LogP contribution in [0.4, 0.5) is 9.59 Å². The van der Waals surface area contributed by atoms with Crippen LogP contribution in [0.25, 0.3) is 0 Å². The van der Waals surface area contributed by atoms with E-state index in [0.717, 1.165) is 5.71 Å². The van der Waals surface area contributed by atoms with Crippen molar-refractivity contribution in [2.45, 2.75) is 13.8 Å². The Kier molecular flexibility index (Phi) is 7.84. The Balaban J connectivity index is 0. The Morgan fingerprint density at radius 1 is 1.17 bits per heavy atom. The van der Waals surface area contributed by atoms with Crippen LogP contribution in [-0.4, -0.2) is 17.8 Å². The van der Waals surface area contributed by atoms with Crippen molar-refractivity contribution in [2.24, 2.45) is 22.3 Å². The first-order chi connectivity index (χ1) is 5.36. The molecule has 0 unspecified atom stereocenters. The topological polar surface area (TPSA) is 137 Å². The number of rotatable bonds is 1. The van der Waals surface area contributed by atoms with Gasteiger partial charge in [-0.2, -0.15) is 5.10 Å². The molecule has 0 saturated carbocycles. The molecular weight excluding hydrogens is 162 g/mol. The first-order valence-electron chi connectivity index (χ1n) is 2.97. The molecule has 7 heteroatoms. The number of carbonyl (C=O) groups is 2. The normalized spacial score (nSPS) is 7.17. The lowest BCUT2D eigenvalue weighted by Gasteiger charge is -1.89. The summed E-state index contributed by atoms with van der Waals surface area (Å²) < 4.78 is 0. The molecule has 0 aliphatic rings. The van der Waals surface area contributed by atoms with Gasteiger partial charge in [0.05, 0.1) is 0 Å². The van der Waals surface area contributed by atoms with Crippen molar-refractivity contribution in [1.82, 2.24) is 5.43 Å². The zero-order valence-corrected chi connectivity index (χ0v) is 7.00. The summed E-state index contributed by atoms with van der Waals surface area (Å²) in [5, 5.41) is 3.52. The maximum absolute atomic E-state index is 9.91. The molecule has 0 aliphatic carbocycles. The number of hydrogen-bond acceptors (Lipinski definition) is 3. The van der Waals surface area contributed by atoms with Crippen molar-refractivity contribution >= 4 is 17.8 Å². The van der Waals surface area contributed by atoms with Gasteiger partial charge in [0.2, 0.25) is 0 Å². The van der Waals surface area contributed by atoms with E-state index in [1.54, 1.807) is 13.8 Å². The van der Waals surface area contributed by atoms with Crippen LogP contribution in [0.2, 0.25) is 0 Å². The molecule has 0 saturated heterocycles. The third-order valence-electron chi connectivity index (χ3n) is 0.390. The van der Waals surface area contributed by atoms with E-state index >= 15 is 0 Å². The summed E-state index contributed by atoms with van der Waals surface area (Å²) >= 11 is 0. The summed E-state index contributed by atoms with van der Waals surface area (Å²) in [6.07, 6.45) is 0. The average molecular weight is 175 g/mol. The lowest BCUT2D eigenvalue weighted by Crippen LogP contribution is -2.24. The largest absolute Gasteiger partial charge is 0.352 e. The molecule has 70 valence electrons. The highest BCUT2D eigenvalue weighted by Gasteiger charge is 1.82. The SMILES string of the molecule is CC(C)=NNC(N)=O.NC(N)=O. The molecule has 0 aliphatic heterocycles. The Morgan fingerprint density at radius 2 is 1.50 bits per heavy atom. The van der Waals surface area contributed by atoms with Gasteiger partial charge in [-0.25, -0.2) is 15.0 Å². The van der Waals surface area contributed by atoms with Crippen molar-refractivity contribution in [3.8, 4) is 0 Å². The second-order valence-electron chi connectivity index (χ2n) is 1.94. The monoisotopic (exact) mass is 175 g/mol. The van der Waals surface area contributed by atoms with Crippen LogP contribution in [0.3, 0.4) is 0 Å². The number of nitrogens with one attached hydrogen (secondary N) is 1. The van der Waals surface area contributed by atoms with Gasteiger partial charge in [-0.15, -0.1) is 0 Å². The Bertz CT molecular complexity index is 180. The molecule has 0 aromatic rings. The average Bonchev–Trinajstić information content (AvgIpc) is 1.82. The quantitative estimate of drug-likeness (QED) is 0.302. The predicted octanol–water partition coefficient (Wildman–Crippen LogP) is -0.926. The number of primary amides is 3. The van der Waals surface area contributed by atoms with E-state index in [2.05, 4.69) is 27.7 Å². The van der Waals surface area contributed by atoms with E-state index < -0.39 is 12.1 Å². The molecule has 12 heavy (non-hydrogen) atoms. The first-order valence-corrected chi connectivity index (χ1v) is 2.97. The number of hydrazone groups is 1. The molecule has 0 heterocycles. The summed E-state index contributed by atoms with van der Waals surface area (Å²) in [6, 6.07) is -1.47. The van der Waals surface area contributed by atoms with Crippen LogP contribution >= 0.6 is 0 Å². The number of carbonyl (C=O) groups excluding carboxylic acids is 2. The van der Waals surface area contributed by atoms with Gasteiger partial charge in [0.1, 0.15) is 0 Å². The second kappa shape index (κ2) is 7.32. The van der Waals surface area contributed by atoms with E-state index in [0.29, 0.717) is 0 Å². The third kappa shape index (κ3) is 41.4. The van der Waals surface area contributed by atoms with Crippen molar-refractivity contribution in [2.75, 3.05) is 0 Å². The predicted molar refractivity (Wildman–Crippen MR) is 45.3 cm³/mol. The van der Waals surface area contributed by atoms with Gasteiger partial charge in [-0.3, -0.25) is 0 Å². The van der Waals surface area contributed by atoms with Gasteiger partial charge in [-0.1, -0.05) is 0 Å². The minimum Gasteiger partial charge on any atom is -0.352 e. The number of urea groups is 2. The number of hydrogen-bond donors (Lipinski definition) is 4. The molecule has 0 radical (unpaired) electrons. The Labute approximate surface area is 70.0 Å². The maximum atomic E-state index is 9.91. The van der Waals surface area contributed by atoms with E-state index in [9.17, 15) is 4.79 Å². The third-order valence-corrected chi connectivity index (χ3v) is 0.390. The van der Waals surface area contributed by atoms with Gasteiger partial charge in [0, 0.05) is 5.71 Å². The molecule has 0 aromatic heterocycles. The van der Waals surface area contributed by atoms with Gasteiger partial charge >= 0.3 is 12.1 Å². The van der Waals surface area contributed by atoms with Crippen LogP contribution in [0.5, 0.6) is 0 Å². The second-order valence-corrected chi connectivity index (χ2v) is 1.94. The molecule has 0 aromatic carbocycles. The van der Waals surface area contributed by atoms with E-state index in [4.69, 9.17) is 4.79 Å². The summed E-state index contributed by atoms with van der Waals surface area (Å²) in [4.78, 5) is 18.9. The highest BCUT2D eigenvalue weighted by atomic mass is 16.2. The molecule has 0 bridgehead atoms. The van der Waals surface area contributed by atoms with Crippen LogP contribution in [0.15, 0.2) is 5.10 Å². The molecule has 0 fully saturated rings. The van der Waals surface area contributed by atoms with Crippen molar-refractivity contribution in [1.29, 1.82) is 0 Å². The summed E-state index contributed by atoms with van der Waals surface area (Å²) in [5.41, 5.74) is 16.0. The standard InChI is InChI=1S/C4H9N3O.CH4N2O/c1-3(2)6-7-4(5)8;2-1(3)4/h1-2H3,(H3,5,7,8);(H4,2,3,4). The molecule has 0 atom stereocenters. The van der Waals surface area contributed by atoms with Gasteiger partial charge in [0.25, 0.3) is 0 Å². The molecule has 0 spiro atoms. The molecule has 4 amide bonds. The maximum Gasteiger partial charge on any atom is 0.332 e. The number of nitrogens with zero attached hydrogens (tertiary/aromatic N) is 1. The van der Waals surface area contributed by atoms with Crippen LogP contribution < -0.4 is 22.6 Å².